The summed E-state index contributed by atoms with van der Waals surface area (Å²) in [5.74, 6) is 0.747. The highest BCUT2D eigenvalue weighted by atomic mass is 79.9. The third kappa shape index (κ3) is 3.95. The molecule has 0 aromatic heterocycles. The maximum atomic E-state index is 13.4. The molecule has 0 saturated carbocycles. The predicted molar refractivity (Wildman–Crippen MR) is 96.7 cm³/mol. The molecule has 2 aromatic carbocycles. The lowest BCUT2D eigenvalue weighted by molar-refractivity contribution is 0.0949. The van der Waals surface area contributed by atoms with Crippen LogP contribution in [-0.4, -0.2) is 18.6 Å². The van der Waals surface area contributed by atoms with Crippen LogP contribution >= 0.6 is 15.9 Å². The van der Waals surface area contributed by atoms with Crippen LogP contribution in [0.5, 0.6) is 11.5 Å². The molecule has 0 bridgehead atoms. The van der Waals surface area contributed by atoms with Gasteiger partial charge in [-0.2, -0.15) is 0 Å². The number of benzene rings is 2. The second kappa shape index (κ2) is 7.44. The molecule has 4 nitrogen and oxygen atoms in total. The molecule has 2 aromatic rings. The monoisotopic (exact) mass is 407 g/mol. The number of rotatable bonds is 5. The SMILES string of the molecule is CCOc1cc2c(cc1CNC(=O)c1cc(F)ccc1Br)OC(C)C2. The quantitative estimate of drug-likeness (QED) is 0.805. The van der Waals surface area contributed by atoms with E-state index in [4.69, 9.17) is 9.47 Å². The van der Waals surface area contributed by atoms with Gasteiger partial charge in [-0.1, -0.05) is 0 Å². The van der Waals surface area contributed by atoms with E-state index in [2.05, 4.69) is 21.2 Å². The molecule has 1 atom stereocenters. The standard InChI is InChI=1S/C19H19BrFNO3/c1-3-24-17-7-12-6-11(2)25-18(12)8-13(17)10-22-19(23)15-9-14(21)4-5-16(15)20/h4-5,7-9,11H,3,6,10H2,1-2H3,(H,22,23). The number of fused-ring (bicyclic) bond motifs is 1. The summed E-state index contributed by atoms with van der Waals surface area (Å²) in [6, 6.07) is 7.90. The highest BCUT2D eigenvalue weighted by molar-refractivity contribution is 9.10. The van der Waals surface area contributed by atoms with Crippen LogP contribution in [0.3, 0.4) is 0 Å². The number of amides is 1. The lowest BCUT2D eigenvalue weighted by atomic mass is 10.1. The summed E-state index contributed by atoms with van der Waals surface area (Å²) in [6.07, 6.45) is 0.982. The van der Waals surface area contributed by atoms with Crippen LogP contribution in [0, 0.1) is 5.82 Å². The lowest BCUT2D eigenvalue weighted by Crippen LogP contribution is -2.23. The number of nitrogens with one attached hydrogen (secondary N) is 1. The number of carbonyl (C=O) groups excluding carboxylic acids is 1. The summed E-state index contributed by atoms with van der Waals surface area (Å²) in [5, 5.41) is 2.81. The van der Waals surface area contributed by atoms with Gasteiger partial charge in [0, 0.05) is 28.6 Å². The molecule has 1 N–H and O–H groups in total. The van der Waals surface area contributed by atoms with Crippen LogP contribution in [0.4, 0.5) is 4.39 Å². The van der Waals surface area contributed by atoms with Crippen LogP contribution in [0.25, 0.3) is 0 Å². The van der Waals surface area contributed by atoms with E-state index in [-0.39, 0.29) is 24.1 Å². The van der Waals surface area contributed by atoms with Crippen LogP contribution in [-0.2, 0) is 13.0 Å². The highest BCUT2D eigenvalue weighted by Crippen LogP contribution is 2.35. The molecule has 0 saturated heterocycles. The summed E-state index contributed by atoms with van der Waals surface area (Å²) in [5.41, 5.74) is 2.19. The largest absolute Gasteiger partial charge is 0.494 e. The predicted octanol–water partition coefficient (Wildman–Crippen LogP) is 4.24. The summed E-state index contributed by atoms with van der Waals surface area (Å²) in [4.78, 5) is 12.4. The molecule has 6 heteroatoms. The van der Waals surface area contributed by atoms with Crippen molar-refractivity contribution in [2.75, 3.05) is 6.61 Å². The van der Waals surface area contributed by atoms with Gasteiger partial charge in [-0.3, -0.25) is 4.79 Å². The van der Waals surface area contributed by atoms with Crippen molar-refractivity contribution in [3.8, 4) is 11.5 Å². The van der Waals surface area contributed by atoms with Crippen molar-refractivity contribution in [3.63, 3.8) is 0 Å². The number of carbonyl (C=O) groups is 1. The Hall–Kier alpha value is -2.08. The average molecular weight is 408 g/mol. The molecule has 0 aliphatic carbocycles. The van der Waals surface area contributed by atoms with E-state index in [0.717, 1.165) is 29.0 Å². The zero-order valence-corrected chi connectivity index (χ0v) is 15.7. The molecule has 25 heavy (non-hydrogen) atoms. The van der Waals surface area contributed by atoms with Gasteiger partial charge in [-0.25, -0.2) is 4.39 Å². The summed E-state index contributed by atoms with van der Waals surface area (Å²) < 4.78 is 25.4. The maximum Gasteiger partial charge on any atom is 0.252 e. The van der Waals surface area contributed by atoms with E-state index in [1.165, 1.54) is 18.2 Å². The van der Waals surface area contributed by atoms with Crippen molar-refractivity contribution in [3.05, 3.63) is 57.3 Å². The number of hydrogen-bond acceptors (Lipinski definition) is 3. The second-order valence-corrected chi connectivity index (χ2v) is 6.79. The minimum Gasteiger partial charge on any atom is -0.494 e. The van der Waals surface area contributed by atoms with Gasteiger partial charge in [0.2, 0.25) is 0 Å². The van der Waals surface area contributed by atoms with Gasteiger partial charge in [-0.15, -0.1) is 0 Å². The first-order valence-electron chi connectivity index (χ1n) is 8.16. The molecular weight excluding hydrogens is 389 g/mol. The van der Waals surface area contributed by atoms with Gasteiger partial charge < -0.3 is 14.8 Å². The Bertz CT molecular complexity index is 809. The summed E-state index contributed by atoms with van der Waals surface area (Å²) in [7, 11) is 0. The van der Waals surface area contributed by atoms with Crippen molar-refractivity contribution < 1.29 is 18.7 Å². The lowest BCUT2D eigenvalue weighted by Gasteiger charge is -2.14. The molecule has 0 fully saturated rings. The molecule has 1 aliphatic rings. The van der Waals surface area contributed by atoms with Gasteiger partial charge in [0.25, 0.3) is 5.91 Å². The van der Waals surface area contributed by atoms with Gasteiger partial charge in [0.15, 0.2) is 0 Å². The Balaban J connectivity index is 1.79. The average Bonchev–Trinajstić information content (AvgIpc) is 2.93. The molecule has 3 rings (SSSR count). The van der Waals surface area contributed by atoms with Gasteiger partial charge in [-0.05, 0) is 60.1 Å². The van der Waals surface area contributed by atoms with Crippen molar-refractivity contribution in [1.82, 2.24) is 5.32 Å². The molecule has 1 unspecified atom stereocenters. The van der Waals surface area contributed by atoms with Crippen LogP contribution in [0.1, 0.15) is 35.3 Å². The number of hydrogen-bond donors (Lipinski definition) is 1. The van der Waals surface area contributed by atoms with Gasteiger partial charge in [0.1, 0.15) is 23.4 Å². The Morgan fingerprint density at radius 1 is 1.40 bits per heavy atom. The first kappa shape index (κ1) is 17.7. The molecule has 132 valence electrons. The van der Waals surface area contributed by atoms with Crippen LogP contribution in [0.15, 0.2) is 34.8 Å². The minimum atomic E-state index is -0.455. The Morgan fingerprint density at radius 2 is 2.20 bits per heavy atom. The number of ether oxygens (including phenoxy) is 2. The highest BCUT2D eigenvalue weighted by Gasteiger charge is 2.22. The van der Waals surface area contributed by atoms with E-state index in [0.29, 0.717) is 11.1 Å². The van der Waals surface area contributed by atoms with Crippen molar-refractivity contribution in [2.24, 2.45) is 0 Å². The Morgan fingerprint density at radius 3 is 2.96 bits per heavy atom. The van der Waals surface area contributed by atoms with E-state index < -0.39 is 5.82 Å². The fraction of sp³-hybridized carbons (Fsp3) is 0.316. The first-order valence-corrected chi connectivity index (χ1v) is 8.95. The normalized spacial score (nSPS) is 15.4. The first-order chi connectivity index (χ1) is 12.0. The van der Waals surface area contributed by atoms with Crippen molar-refractivity contribution in [1.29, 1.82) is 0 Å². The molecule has 1 aliphatic heterocycles. The van der Waals surface area contributed by atoms with E-state index in [1.54, 1.807) is 0 Å². The topological polar surface area (TPSA) is 47.6 Å². The second-order valence-electron chi connectivity index (χ2n) is 5.94. The zero-order chi connectivity index (χ0) is 18.0. The van der Waals surface area contributed by atoms with E-state index in [9.17, 15) is 9.18 Å². The molecule has 1 heterocycles. The third-order valence-electron chi connectivity index (χ3n) is 3.99. The zero-order valence-electron chi connectivity index (χ0n) is 14.1. The molecular formula is C19H19BrFNO3. The third-order valence-corrected chi connectivity index (χ3v) is 4.68. The molecule has 0 radical (unpaired) electrons. The fourth-order valence-corrected chi connectivity index (χ4v) is 3.28. The van der Waals surface area contributed by atoms with Crippen molar-refractivity contribution in [2.45, 2.75) is 32.9 Å². The summed E-state index contributed by atoms with van der Waals surface area (Å²) >= 11 is 3.27. The fourth-order valence-electron chi connectivity index (χ4n) is 2.85. The minimum absolute atomic E-state index is 0.137. The molecule has 0 spiro atoms. The van der Waals surface area contributed by atoms with Crippen LogP contribution < -0.4 is 14.8 Å². The van der Waals surface area contributed by atoms with E-state index in [1.807, 2.05) is 26.0 Å². The smallest absolute Gasteiger partial charge is 0.252 e. The van der Waals surface area contributed by atoms with Crippen LogP contribution in [0.2, 0.25) is 0 Å². The number of halogens is 2. The van der Waals surface area contributed by atoms with Gasteiger partial charge in [0.05, 0.1) is 12.2 Å². The maximum absolute atomic E-state index is 13.4. The summed E-state index contributed by atoms with van der Waals surface area (Å²) in [6.45, 7) is 4.73. The van der Waals surface area contributed by atoms with E-state index >= 15 is 0 Å². The van der Waals surface area contributed by atoms with Gasteiger partial charge >= 0.3 is 0 Å². The molecule has 1 amide bonds. The Kier molecular flexibility index (Phi) is 5.27. The van der Waals surface area contributed by atoms with Crippen molar-refractivity contribution >= 4 is 21.8 Å². The Labute approximate surface area is 154 Å².